The number of alkyl halides is 1. The fourth-order valence-electron chi connectivity index (χ4n) is 1.70. The molecule has 1 unspecified atom stereocenters. The molecule has 90 valence electrons. The highest BCUT2D eigenvalue weighted by atomic mass is 79.9. The van der Waals surface area contributed by atoms with E-state index in [1.807, 2.05) is 12.1 Å². The minimum absolute atomic E-state index is 0.578. The van der Waals surface area contributed by atoms with Gasteiger partial charge in [-0.05, 0) is 36.5 Å². The van der Waals surface area contributed by atoms with Crippen LogP contribution in [0.3, 0.4) is 0 Å². The molecule has 0 aliphatic rings. The number of hydrogen-bond acceptors (Lipinski definition) is 1. The third-order valence-electron chi connectivity index (χ3n) is 2.68. The SMILES string of the molecule is COCCCCC(CBr)c1ccc(Cl)cc1. The van der Waals surface area contributed by atoms with Crippen LogP contribution in [0.25, 0.3) is 0 Å². The summed E-state index contributed by atoms with van der Waals surface area (Å²) in [6.07, 6.45) is 3.52. The van der Waals surface area contributed by atoms with Gasteiger partial charge in [0, 0.05) is 24.1 Å². The lowest BCUT2D eigenvalue weighted by Gasteiger charge is -2.14. The number of methoxy groups -OCH3 is 1. The molecule has 0 amide bonds. The fraction of sp³-hybridized carbons (Fsp3) is 0.538. The first-order valence-electron chi connectivity index (χ1n) is 5.58. The molecule has 1 rings (SSSR count). The molecule has 1 atom stereocenters. The molecule has 1 aromatic carbocycles. The molecule has 0 fully saturated rings. The van der Waals surface area contributed by atoms with E-state index in [0.29, 0.717) is 5.92 Å². The van der Waals surface area contributed by atoms with Gasteiger partial charge in [0.1, 0.15) is 0 Å². The maximum absolute atomic E-state index is 5.88. The van der Waals surface area contributed by atoms with E-state index in [2.05, 4.69) is 28.1 Å². The molecule has 0 heterocycles. The first-order valence-corrected chi connectivity index (χ1v) is 7.08. The molecule has 0 spiro atoms. The van der Waals surface area contributed by atoms with E-state index in [0.717, 1.165) is 23.4 Å². The van der Waals surface area contributed by atoms with Crippen LogP contribution < -0.4 is 0 Å². The number of unbranched alkanes of at least 4 members (excludes halogenated alkanes) is 1. The summed E-state index contributed by atoms with van der Waals surface area (Å²) in [5.74, 6) is 0.578. The highest BCUT2D eigenvalue weighted by Crippen LogP contribution is 2.25. The summed E-state index contributed by atoms with van der Waals surface area (Å²) in [4.78, 5) is 0. The Bertz CT molecular complexity index is 286. The van der Waals surface area contributed by atoms with Crippen LogP contribution in [0.1, 0.15) is 30.7 Å². The van der Waals surface area contributed by atoms with Crippen molar-refractivity contribution in [3.05, 3.63) is 34.9 Å². The van der Waals surface area contributed by atoms with Gasteiger partial charge in [-0.15, -0.1) is 0 Å². The van der Waals surface area contributed by atoms with Crippen LogP contribution in [0.4, 0.5) is 0 Å². The average Bonchev–Trinajstić information content (AvgIpc) is 2.31. The van der Waals surface area contributed by atoms with Crippen LogP contribution in [-0.2, 0) is 4.74 Å². The molecule has 1 aromatic rings. The van der Waals surface area contributed by atoms with Crippen LogP contribution in [0.2, 0.25) is 5.02 Å². The Morgan fingerprint density at radius 2 is 1.94 bits per heavy atom. The van der Waals surface area contributed by atoms with Crippen molar-refractivity contribution in [3.8, 4) is 0 Å². The zero-order valence-corrected chi connectivity index (χ0v) is 11.9. The summed E-state index contributed by atoms with van der Waals surface area (Å²) in [5.41, 5.74) is 1.36. The van der Waals surface area contributed by atoms with Gasteiger partial charge < -0.3 is 4.74 Å². The molecule has 0 bridgehead atoms. The van der Waals surface area contributed by atoms with Crippen LogP contribution in [0, 0.1) is 0 Å². The summed E-state index contributed by atoms with van der Waals surface area (Å²) in [7, 11) is 1.75. The summed E-state index contributed by atoms with van der Waals surface area (Å²) >= 11 is 9.45. The molecular weight excluding hydrogens is 287 g/mol. The minimum Gasteiger partial charge on any atom is -0.385 e. The van der Waals surface area contributed by atoms with Gasteiger partial charge in [-0.3, -0.25) is 0 Å². The first kappa shape index (κ1) is 14.0. The lowest BCUT2D eigenvalue weighted by Crippen LogP contribution is -2.01. The molecule has 0 aromatic heterocycles. The molecule has 0 aliphatic heterocycles. The molecule has 0 saturated carbocycles. The summed E-state index contributed by atoms with van der Waals surface area (Å²) < 4.78 is 5.05. The van der Waals surface area contributed by atoms with Crippen molar-refractivity contribution in [1.29, 1.82) is 0 Å². The monoisotopic (exact) mass is 304 g/mol. The Labute approximate surface area is 111 Å². The van der Waals surface area contributed by atoms with Crippen molar-refractivity contribution in [2.75, 3.05) is 19.0 Å². The van der Waals surface area contributed by atoms with Gasteiger partial charge in [-0.2, -0.15) is 0 Å². The largest absolute Gasteiger partial charge is 0.385 e. The fourth-order valence-corrected chi connectivity index (χ4v) is 2.53. The van der Waals surface area contributed by atoms with Gasteiger partial charge in [0.05, 0.1) is 0 Å². The van der Waals surface area contributed by atoms with Gasteiger partial charge >= 0.3 is 0 Å². The molecule has 0 N–H and O–H groups in total. The van der Waals surface area contributed by atoms with Gasteiger partial charge in [0.25, 0.3) is 0 Å². The Balaban J connectivity index is 2.44. The molecule has 1 nitrogen and oxygen atoms in total. The average molecular weight is 306 g/mol. The third-order valence-corrected chi connectivity index (χ3v) is 3.71. The maximum atomic E-state index is 5.88. The van der Waals surface area contributed by atoms with E-state index in [4.69, 9.17) is 16.3 Å². The Kier molecular flexibility index (Phi) is 7.10. The molecule has 0 saturated heterocycles. The summed E-state index contributed by atoms with van der Waals surface area (Å²) in [5, 5.41) is 1.80. The summed E-state index contributed by atoms with van der Waals surface area (Å²) in [6, 6.07) is 8.15. The lowest BCUT2D eigenvalue weighted by atomic mass is 9.95. The normalized spacial score (nSPS) is 12.7. The van der Waals surface area contributed by atoms with Crippen LogP contribution >= 0.6 is 27.5 Å². The second kappa shape index (κ2) is 8.10. The van der Waals surface area contributed by atoms with Gasteiger partial charge in [0.2, 0.25) is 0 Å². The number of rotatable bonds is 7. The van der Waals surface area contributed by atoms with Crippen molar-refractivity contribution in [1.82, 2.24) is 0 Å². The minimum atomic E-state index is 0.578. The Morgan fingerprint density at radius 1 is 1.25 bits per heavy atom. The second-order valence-electron chi connectivity index (χ2n) is 3.89. The Hall–Kier alpha value is -0.0500. The van der Waals surface area contributed by atoms with E-state index < -0.39 is 0 Å². The highest BCUT2D eigenvalue weighted by molar-refractivity contribution is 9.09. The van der Waals surface area contributed by atoms with E-state index in [9.17, 15) is 0 Å². The van der Waals surface area contributed by atoms with Gasteiger partial charge in [0.15, 0.2) is 0 Å². The molecular formula is C13H18BrClO. The van der Waals surface area contributed by atoms with E-state index >= 15 is 0 Å². The van der Waals surface area contributed by atoms with Crippen molar-refractivity contribution in [3.63, 3.8) is 0 Å². The standard InChI is InChI=1S/C13H18BrClO/c1-16-9-3-2-4-12(10-14)11-5-7-13(15)8-6-11/h5-8,12H,2-4,9-10H2,1H3. The number of halogens is 2. The predicted octanol–water partition coefficient (Wildman–Crippen LogP) is 4.64. The predicted molar refractivity (Wildman–Crippen MR) is 73.7 cm³/mol. The van der Waals surface area contributed by atoms with Crippen LogP contribution in [-0.4, -0.2) is 19.0 Å². The van der Waals surface area contributed by atoms with E-state index in [1.54, 1.807) is 7.11 Å². The Morgan fingerprint density at radius 3 is 2.50 bits per heavy atom. The van der Waals surface area contributed by atoms with Gasteiger partial charge in [-0.1, -0.05) is 46.1 Å². The first-order chi connectivity index (χ1) is 7.77. The molecule has 0 radical (unpaired) electrons. The number of ether oxygens (including phenoxy) is 1. The second-order valence-corrected chi connectivity index (χ2v) is 4.98. The van der Waals surface area contributed by atoms with E-state index in [-0.39, 0.29) is 0 Å². The smallest absolute Gasteiger partial charge is 0.0462 e. The third kappa shape index (κ3) is 4.86. The summed E-state index contributed by atoms with van der Waals surface area (Å²) in [6.45, 7) is 0.857. The zero-order valence-electron chi connectivity index (χ0n) is 9.59. The zero-order chi connectivity index (χ0) is 11.8. The van der Waals surface area contributed by atoms with Crippen LogP contribution in [0.15, 0.2) is 24.3 Å². The molecule has 16 heavy (non-hydrogen) atoms. The van der Waals surface area contributed by atoms with Crippen molar-refractivity contribution >= 4 is 27.5 Å². The quantitative estimate of drug-likeness (QED) is 0.527. The topological polar surface area (TPSA) is 9.23 Å². The van der Waals surface area contributed by atoms with Crippen molar-refractivity contribution in [2.45, 2.75) is 25.2 Å². The maximum Gasteiger partial charge on any atom is 0.0462 e. The number of benzene rings is 1. The molecule has 0 aliphatic carbocycles. The van der Waals surface area contributed by atoms with Crippen LogP contribution in [0.5, 0.6) is 0 Å². The van der Waals surface area contributed by atoms with E-state index in [1.165, 1.54) is 18.4 Å². The van der Waals surface area contributed by atoms with Crippen molar-refractivity contribution in [2.24, 2.45) is 0 Å². The lowest BCUT2D eigenvalue weighted by molar-refractivity contribution is 0.191. The van der Waals surface area contributed by atoms with Crippen molar-refractivity contribution < 1.29 is 4.74 Å². The molecule has 3 heteroatoms. The van der Waals surface area contributed by atoms with Gasteiger partial charge in [-0.25, -0.2) is 0 Å². The highest BCUT2D eigenvalue weighted by Gasteiger charge is 2.09. The number of hydrogen-bond donors (Lipinski definition) is 0.